The van der Waals surface area contributed by atoms with Crippen molar-refractivity contribution in [2.24, 2.45) is 5.92 Å². The lowest BCUT2D eigenvalue weighted by atomic mass is 9.97. The second-order valence-electron chi connectivity index (χ2n) is 5.68. The van der Waals surface area contributed by atoms with E-state index in [0.29, 0.717) is 23.7 Å². The molecule has 0 spiro atoms. The molecule has 1 saturated carbocycles. The summed E-state index contributed by atoms with van der Waals surface area (Å²) in [6, 6.07) is 0.306. The molecule has 20 heavy (non-hydrogen) atoms. The van der Waals surface area contributed by atoms with E-state index in [9.17, 15) is 4.39 Å². The number of nitrogens with one attached hydrogen (secondary N) is 2. The summed E-state index contributed by atoms with van der Waals surface area (Å²) in [6.07, 6.45) is 8.27. The van der Waals surface area contributed by atoms with Crippen LogP contribution in [-0.4, -0.2) is 22.6 Å². The lowest BCUT2D eigenvalue weighted by molar-refractivity contribution is 0.453. The molecule has 5 heteroatoms. The highest BCUT2D eigenvalue weighted by Crippen LogP contribution is 2.26. The van der Waals surface area contributed by atoms with Crippen molar-refractivity contribution in [2.45, 2.75) is 58.4 Å². The fraction of sp³-hybridized carbons (Fsp3) is 0.733. The largest absolute Gasteiger partial charge is 0.364 e. The van der Waals surface area contributed by atoms with Crippen LogP contribution in [0.5, 0.6) is 0 Å². The molecule has 1 fully saturated rings. The first-order chi connectivity index (χ1) is 9.70. The molecule has 0 saturated heterocycles. The molecule has 0 radical (unpaired) electrons. The maximum absolute atomic E-state index is 13.9. The van der Waals surface area contributed by atoms with Crippen LogP contribution >= 0.6 is 0 Å². The van der Waals surface area contributed by atoms with Gasteiger partial charge in [0.05, 0.1) is 6.20 Å². The third-order valence-corrected chi connectivity index (χ3v) is 3.96. The van der Waals surface area contributed by atoms with E-state index >= 15 is 0 Å². The van der Waals surface area contributed by atoms with E-state index in [2.05, 4.69) is 34.4 Å². The molecule has 2 unspecified atom stereocenters. The van der Waals surface area contributed by atoms with Gasteiger partial charge >= 0.3 is 0 Å². The van der Waals surface area contributed by atoms with E-state index in [1.807, 2.05) is 0 Å². The third kappa shape index (κ3) is 4.05. The van der Waals surface area contributed by atoms with E-state index < -0.39 is 0 Å². The molecule has 2 rings (SSSR count). The second kappa shape index (κ2) is 7.41. The Morgan fingerprint density at radius 2 is 2.10 bits per heavy atom. The third-order valence-electron chi connectivity index (χ3n) is 3.96. The van der Waals surface area contributed by atoms with Gasteiger partial charge in [-0.1, -0.05) is 33.1 Å². The van der Waals surface area contributed by atoms with Crippen LogP contribution in [0, 0.1) is 11.7 Å². The van der Waals surface area contributed by atoms with Gasteiger partial charge in [-0.25, -0.2) is 9.37 Å². The van der Waals surface area contributed by atoms with Crippen molar-refractivity contribution in [1.82, 2.24) is 9.97 Å². The Morgan fingerprint density at radius 3 is 2.90 bits per heavy atom. The molecule has 112 valence electrons. The van der Waals surface area contributed by atoms with Gasteiger partial charge in [-0.05, 0) is 25.2 Å². The Hall–Kier alpha value is -1.39. The van der Waals surface area contributed by atoms with E-state index in [1.54, 1.807) is 0 Å². The minimum absolute atomic E-state index is 0.306. The van der Waals surface area contributed by atoms with Crippen molar-refractivity contribution in [3.8, 4) is 0 Å². The van der Waals surface area contributed by atoms with Crippen molar-refractivity contribution in [2.75, 3.05) is 17.2 Å². The molecule has 1 heterocycles. The molecule has 2 N–H and O–H groups in total. The molecule has 2 atom stereocenters. The van der Waals surface area contributed by atoms with E-state index in [1.165, 1.54) is 31.9 Å². The summed E-state index contributed by atoms with van der Waals surface area (Å²) in [5.74, 6) is 1.01. The standard InChI is InChI=1S/C15H25FN4/c1-3-9-17-15-18-10-12(16)14(20-15)19-13-8-6-4-5-7-11(13)2/h10-11,13H,3-9H2,1-2H3,(H2,17,18,19,20). The first kappa shape index (κ1) is 15.0. The van der Waals surface area contributed by atoms with Gasteiger partial charge in [0.25, 0.3) is 0 Å². The number of nitrogens with zero attached hydrogens (tertiary/aromatic N) is 2. The summed E-state index contributed by atoms with van der Waals surface area (Å²) in [4.78, 5) is 8.23. The van der Waals surface area contributed by atoms with Crippen molar-refractivity contribution in [3.63, 3.8) is 0 Å². The summed E-state index contributed by atoms with van der Waals surface area (Å²) in [5, 5.41) is 6.38. The van der Waals surface area contributed by atoms with Crippen LogP contribution in [0.15, 0.2) is 6.20 Å². The first-order valence-electron chi connectivity index (χ1n) is 7.73. The van der Waals surface area contributed by atoms with Gasteiger partial charge in [0.1, 0.15) is 0 Å². The Bertz CT molecular complexity index is 424. The first-order valence-corrected chi connectivity index (χ1v) is 7.73. The molecule has 0 aliphatic heterocycles. The van der Waals surface area contributed by atoms with E-state index in [0.717, 1.165) is 19.4 Å². The maximum Gasteiger partial charge on any atom is 0.224 e. The molecule has 1 aliphatic rings. The molecule has 1 aromatic heterocycles. The van der Waals surface area contributed by atoms with Gasteiger partial charge in [-0.15, -0.1) is 0 Å². The van der Waals surface area contributed by atoms with E-state index in [-0.39, 0.29) is 5.82 Å². The van der Waals surface area contributed by atoms with Crippen LogP contribution in [0.2, 0.25) is 0 Å². The molecule has 0 amide bonds. The zero-order chi connectivity index (χ0) is 14.4. The van der Waals surface area contributed by atoms with Crippen molar-refractivity contribution >= 4 is 11.8 Å². The lowest BCUT2D eigenvalue weighted by Gasteiger charge is -2.23. The number of halogens is 1. The number of hydrogen-bond acceptors (Lipinski definition) is 4. The predicted molar refractivity (Wildman–Crippen MR) is 80.4 cm³/mol. The molecule has 1 aliphatic carbocycles. The van der Waals surface area contributed by atoms with Crippen LogP contribution in [0.25, 0.3) is 0 Å². The summed E-state index contributed by atoms with van der Waals surface area (Å²) >= 11 is 0. The molecule has 0 aromatic carbocycles. The fourth-order valence-electron chi connectivity index (χ4n) is 2.67. The minimum atomic E-state index is -0.372. The second-order valence-corrected chi connectivity index (χ2v) is 5.68. The highest BCUT2D eigenvalue weighted by molar-refractivity contribution is 5.42. The van der Waals surface area contributed by atoms with Crippen molar-refractivity contribution in [1.29, 1.82) is 0 Å². The summed E-state index contributed by atoms with van der Waals surface area (Å²) in [6.45, 7) is 5.10. The molecular weight excluding hydrogens is 255 g/mol. The fourth-order valence-corrected chi connectivity index (χ4v) is 2.67. The topological polar surface area (TPSA) is 49.8 Å². The summed E-state index contributed by atoms with van der Waals surface area (Å²) in [5.41, 5.74) is 0. The normalized spacial score (nSPS) is 23.1. The van der Waals surface area contributed by atoms with Gasteiger partial charge in [0.2, 0.25) is 5.95 Å². The average molecular weight is 280 g/mol. The van der Waals surface area contributed by atoms with Gasteiger partial charge in [0.15, 0.2) is 11.6 Å². The quantitative estimate of drug-likeness (QED) is 0.805. The van der Waals surface area contributed by atoms with Crippen LogP contribution in [0.1, 0.15) is 52.4 Å². The SMILES string of the molecule is CCCNc1ncc(F)c(NC2CCCCCC2C)n1. The Kier molecular flexibility index (Phi) is 5.56. The highest BCUT2D eigenvalue weighted by atomic mass is 19.1. The minimum Gasteiger partial charge on any atom is -0.364 e. The Balaban J connectivity index is 2.06. The highest BCUT2D eigenvalue weighted by Gasteiger charge is 2.21. The molecule has 4 nitrogen and oxygen atoms in total. The van der Waals surface area contributed by atoms with Gasteiger partial charge in [-0.2, -0.15) is 4.98 Å². The van der Waals surface area contributed by atoms with Gasteiger partial charge in [-0.3, -0.25) is 0 Å². The van der Waals surface area contributed by atoms with Crippen LogP contribution in [0.3, 0.4) is 0 Å². The number of rotatable bonds is 5. The summed E-state index contributed by atoms with van der Waals surface area (Å²) < 4.78 is 13.9. The average Bonchev–Trinajstić information content (AvgIpc) is 2.65. The maximum atomic E-state index is 13.9. The Morgan fingerprint density at radius 1 is 1.30 bits per heavy atom. The van der Waals surface area contributed by atoms with E-state index in [4.69, 9.17) is 0 Å². The predicted octanol–water partition coefficient (Wildman–Crippen LogP) is 3.82. The smallest absolute Gasteiger partial charge is 0.224 e. The monoisotopic (exact) mass is 280 g/mol. The summed E-state index contributed by atoms with van der Waals surface area (Å²) in [7, 11) is 0. The number of aromatic nitrogens is 2. The number of anilines is 2. The lowest BCUT2D eigenvalue weighted by Crippen LogP contribution is -2.27. The van der Waals surface area contributed by atoms with Crippen LogP contribution in [-0.2, 0) is 0 Å². The van der Waals surface area contributed by atoms with Crippen LogP contribution < -0.4 is 10.6 Å². The van der Waals surface area contributed by atoms with Gasteiger partial charge in [0, 0.05) is 12.6 Å². The molecular formula is C15H25FN4. The zero-order valence-corrected chi connectivity index (χ0v) is 12.5. The number of hydrogen-bond donors (Lipinski definition) is 2. The molecule has 0 bridgehead atoms. The molecule has 1 aromatic rings. The van der Waals surface area contributed by atoms with Gasteiger partial charge < -0.3 is 10.6 Å². The Labute approximate surface area is 120 Å². The van der Waals surface area contributed by atoms with Crippen molar-refractivity contribution in [3.05, 3.63) is 12.0 Å². The van der Waals surface area contributed by atoms with Crippen LogP contribution in [0.4, 0.5) is 16.2 Å². The van der Waals surface area contributed by atoms with Crippen molar-refractivity contribution < 1.29 is 4.39 Å². The zero-order valence-electron chi connectivity index (χ0n) is 12.5.